The van der Waals surface area contributed by atoms with Crippen molar-refractivity contribution in [3.05, 3.63) is 59.2 Å². The molecule has 176 valence electrons. The van der Waals surface area contributed by atoms with E-state index in [9.17, 15) is 0 Å². The summed E-state index contributed by atoms with van der Waals surface area (Å²) in [7, 11) is 7.51. The molecule has 0 aliphatic carbocycles. The maximum Gasteiger partial charge on any atom is 0.191 e. The van der Waals surface area contributed by atoms with Crippen LogP contribution in [0.15, 0.2) is 47.5 Å². The Hall–Kier alpha value is -2.77. The van der Waals surface area contributed by atoms with Crippen LogP contribution in [-0.4, -0.2) is 65.5 Å². The van der Waals surface area contributed by atoms with Crippen LogP contribution in [0, 0.1) is 6.92 Å². The first-order chi connectivity index (χ1) is 15.5. The van der Waals surface area contributed by atoms with Gasteiger partial charge in [-0.05, 0) is 57.3 Å². The van der Waals surface area contributed by atoms with Gasteiger partial charge in [0.25, 0.3) is 0 Å². The number of benzene rings is 2. The van der Waals surface area contributed by atoms with Crippen molar-refractivity contribution in [2.45, 2.75) is 26.4 Å². The molecule has 0 radical (unpaired) electrons. The van der Waals surface area contributed by atoms with Crippen molar-refractivity contribution in [1.29, 1.82) is 0 Å². The van der Waals surface area contributed by atoms with E-state index in [1.54, 1.807) is 14.2 Å². The number of nitrogens with zero attached hydrogens (tertiary/aromatic N) is 2. The number of guanidine groups is 1. The minimum atomic E-state index is 0.168. The van der Waals surface area contributed by atoms with E-state index < -0.39 is 0 Å². The smallest absolute Gasteiger partial charge is 0.191 e. The Bertz CT molecular complexity index is 855. The van der Waals surface area contributed by atoms with Crippen molar-refractivity contribution in [2.75, 3.05) is 54.6 Å². The summed E-state index contributed by atoms with van der Waals surface area (Å²) in [5.74, 6) is 2.48. The van der Waals surface area contributed by atoms with Crippen LogP contribution in [0.25, 0.3) is 0 Å². The fourth-order valence-electron chi connectivity index (χ4n) is 3.31. The van der Waals surface area contributed by atoms with Crippen LogP contribution in [0.5, 0.6) is 11.5 Å². The lowest BCUT2D eigenvalue weighted by molar-refractivity contribution is 0.145. The van der Waals surface area contributed by atoms with Gasteiger partial charge in [-0.1, -0.05) is 24.3 Å². The van der Waals surface area contributed by atoms with Gasteiger partial charge in [0.1, 0.15) is 18.1 Å². The minimum Gasteiger partial charge on any atom is -0.497 e. The van der Waals surface area contributed by atoms with Crippen LogP contribution in [0.4, 0.5) is 0 Å². The molecular formula is C25H38N4O3. The van der Waals surface area contributed by atoms with Crippen molar-refractivity contribution < 1.29 is 14.2 Å². The second-order valence-corrected chi connectivity index (χ2v) is 7.78. The highest BCUT2D eigenvalue weighted by Gasteiger charge is 2.15. The van der Waals surface area contributed by atoms with E-state index in [4.69, 9.17) is 19.2 Å². The zero-order valence-corrected chi connectivity index (χ0v) is 20.3. The summed E-state index contributed by atoms with van der Waals surface area (Å²) < 4.78 is 16.4. The summed E-state index contributed by atoms with van der Waals surface area (Å²) in [4.78, 5) is 6.99. The van der Waals surface area contributed by atoms with E-state index in [0.29, 0.717) is 26.3 Å². The summed E-state index contributed by atoms with van der Waals surface area (Å²) in [5, 5.41) is 6.83. The Morgan fingerprint density at radius 2 is 1.88 bits per heavy atom. The molecule has 2 aromatic rings. The normalized spacial score (nSPS) is 12.5. The predicted octanol–water partition coefficient (Wildman–Crippen LogP) is 3.39. The monoisotopic (exact) mass is 442 g/mol. The fourth-order valence-corrected chi connectivity index (χ4v) is 3.31. The van der Waals surface area contributed by atoms with Gasteiger partial charge in [-0.3, -0.25) is 0 Å². The second-order valence-electron chi connectivity index (χ2n) is 7.78. The SMILES string of the molecule is CCNC(=NCc1ccc(C)cc1OCCOC)NCC(c1cccc(OC)c1)N(C)C. The molecule has 32 heavy (non-hydrogen) atoms. The molecule has 0 aliphatic rings. The van der Waals surface area contributed by atoms with E-state index in [2.05, 4.69) is 67.7 Å². The first kappa shape index (κ1) is 25.5. The number of hydrogen-bond acceptors (Lipinski definition) is 5. The summed E-state index contributed by atoms with van der Waals surface area (Å²) in [6, 6.07) is 14.5. The van der Waals surface area contributed by atoms with Gasteiger partial charge in [-0.25, -0.2) is 4.99 Å². The first-order valence-electron chi connectivity index (χ1n) is 11.0. The lowest BCUT2D eigenvalue weighted by atomic mass is 10.1. The van der Waals surface area contributed by atoms with Crippen molar-refractivity contribution in [3.8, 4) is 11.5 Å². The molecule has 0 spiro atoms. The standard InChI is InChI=1S/C25H38N4O3/c1-7-26-25(27-17-21-12-11-19(2)15-24(21)32-14-13-30-5)28-18-23(29(3)4)20-9-8-10-22(16-20)31-6/h8-12,15-16,23H,7,13-14,17-18H2,1-6H3,(H2,26,27,28). The number of hydrogen-bond donors (Lipinski definition) is 2. The topological polar surface area (TPSA) is 67.4 Å². The molecule has 1 atom stereocenters. The Balaban J connectivity index is 2.12. The molecule has 2 rings (SSSR count). The maximum atomic E-state index is 5.91. The summed E-state index contributed by atoms with van der Waals surface area (Å²) in [6.45, 7) is 7.19. The third-order valence-corrected chi connectivity index (χ3v) is 5.08. The number of nitrogens with one attached hydrogen (secondary N) is 2. The highest BCUT2D eigenvalue weighted by Crippen LogP contribution is 2.23. The number of rotatable bonds is 12. The van der Waals surface area contributed by atoms with E-state index in [1.165, 1.54) is 5.56 Å². The number of likely N-dealkylation sites (N-methyl/N-ethyl adjacent to an activating group) is 1. The molecule has 0 saturated carbocycles. The van der Waals surface area contributed by atoms with E-state index in [-0.39, 0.29) is 6.04 Å². The zero-order valence-electron chi connectivity index (χ0n) is 20.3. The predicted molar refractivity (Wildman–Crippen MR) is 131 cm³/mol. The van der Waals surface area contributed by atoms with Crippen molar-refractivity contribution in [1.82, 2.24) is 15.5 Å². The quantitative estimate of drug-likeness (QED) is 0.298. The number of aryl methyl sites for hydroxylation is 1. The van der Waals surface area contributed by atoms with E-state index >= 15 is 0 Å². The summed E-state index contributed by atoms with van der Waals surface area (Å²) >= 11 is 0. The number of methoxy groups -OCH3 is 2. The molecule has 0 amide bonds. The molecule has 0 aliphatic heterocycles. The average molecular weight is 443 g/mol. The van der Waals surface area contributed by atoms with Crippen LogP contribution in [0.1, 0.15) is 29.7 Å². The number of aliphatic imine (C=N–C) groups is 1. The second kappa shape index (κ2) is 13.6. The van der Waals surface area contributed by atoms with Crippen LogP contribution in [-0.2, 0) is 11.3 Å². The van der Waals surface area contributed by atoms with Crippen molar-refractivity contribution >= 4 is 5.96 Å². The van der Waals surface area contributed by atoms with E-state index in [1.807, 2.05) is 18.2 Å². The molecule has 0 fully saturated rings. The van der Waals surface area contributed by atoms with Gasteiger partial charge in [0.2, 0.25) is 0 Å². The maximum absolute atomic E-state index is 5.91. The molecule has 2 aromatic carbocycles. The minimum absolute atomic E-state index is 0.168. The molecule has 0 aromatic heterocycles. The Kier molecular flexibility index (Phi) is 10.8. The lowest BCUT2D eigenvalue weighted by Crippen LogP contribution is -2.41. The highest BCUT2D eigenvalue weighted by molar-refractivity contribution is 5.79. The third-order valence-electron chi connectivity index (χ3n) is 5.08. The summed E-state index contributed by atoms with van der Waals surface area (Å²) in [6.07, 6.45) is 0. The molecular weight excluding hydrogens is 404 g/mol. The number of ether oxygens (including phenoxy) is 3. The average Bonchev–Trinajstić information content (AvgIpc) is 2.78. The van der Waals surface area contributed by atoms with Gasteiger partial charge >= 0.3 is 0 Å². The zero-order chi connectivity index (χ0) is 23.3. The molecule has 0 bridgehead atoms. The Labute approximate surface area is 192 Å². The Morgan fingerprint density at radius 3 is 2.56 bits per heavy atom. The van der Waals surface area contributed by atoms with Crippen molar-refractivity contribution in [2.24, 2.45) is 4.99 Å². The van der Waals surface area contributed by atoms with Crippen LogP contribution in [0.3, 0.4) is 0 Å². The molecule has 2 N–H and O–H groups in total. The van der Waals surface area contributed by atoms with Gasteiger partial charge in [0.15, 0.2) is 5.96 Å². The van der Waals surface area contributed by atoms with Gasteiger partial charge in [-0.2, -0.15) is 0 Å². The lowest BCUT2D eigenvalue weighted by Gasteiger charge is -2.26. The first-order valence-corrected chi connectivity index (χ1v) is 11.0. The molecule has 1 unspecified atom stereocenters. The third kappa shape index (κ3) is 8.05. The molecule has 0 heterocycles. The summed E-state index contributed by atoms with van der Waals surface area (Å²) in [5.41, 5.74) is 3.38. The molecule has 7 heteroatoms. The van der Waals surface area contributed by atoms with Crippen molar-refractivity contribution in [3.63, 3.8) is 0 Å². The van der Waals surface area contributed by atoms with Crippen LogP contribution in [0.2, 0.25) is 0 Å². The van der Waals surface area contributed by atoms with Crippen LogP contribution >= 0.6 is 0 Å². The van der Waals surface area contributed by atoms with Crippen LogP contribution < -0.4 is 20.1 Å². The largest absolute Gasteiger partial charge is 0.497 e. The highest BCUT2D eigenvalue weighted by atomic mass is 16.5. The Morgan fingerprint density at radius 1 is 1.06 bits per heavy atom. The fraction of sp³-hybridized carbons (Fsp3) is 0.480. The van der Waals surface area contributed by atoms with E-state index in [0.717, 1.165) is 35.1 Å². The van der Waals surface area contributed by atoms with Gasteiger partial charge < -0.3 is 29.7 Å². The van der Waals surface area contributed by atoms with Gasteiger partial charge in [0, 0.05) is 25.8 Å². The molecule has 7 nitrogen and oxygen atoms in total. The molecule has 0 saturated heterocycles. The van der Waals surface area contributed by atoms with Gasteiger partial charge in [0.05, 0.1) is 26.3 Å². The van der Waals surface area contributed by atoms with Gasteiger partial charge in [-0.15, -0.1) is 0 Å².